The maximum atomic E-state index is 11.1. The molecule has 5 rings (SSSR count). The minimum Gasteiger partial charge on any atom is -0.465 e. The van der Waals surface area contributed by atoms with E-state index >= 15 is 0 Å². The zero-order valence-electron chi connectivity index (χ0n) is 28.9. The lowest BCUT2D eigenvalue weighted by Crippen LogP contribution is -2.38. The van der Waals surface area contributed by atoms with Crippen LogP contribution in [0.5, 0.6) is 0 Å². The lowest BCUT2D eigenvalue weighted by atomic mass is 9.87. The van der Waals surface area contributed by atoms with Gasteiger partial charge in [0.15, 0.2) is 0 Å². The van der Waals surface area contributed by atoms with Crippen LogP contribution < -0.4 is 5.32 Å². The van der Waals surface area contributed by atoms with Crippen molar-refractivity contribution in [3.63, 3.8) is 0 Å². The summed E-state index contributed by atoms with van der Waals surface area (Å²) in [5.74, 6) is 1.45. The predicted molar refractivity (Wildman–Crippen MR) is 180 cm³/mol. The Kier molecular flexibility index (Phi) is 19.5. The molecule has 0 saturated carbocycles. The molecular weight excluding hydrogens is 554 g/mol. The van der Waals surface area contributed by atoms with Crippen LogP contribution in [0.15, 0.2) is 71.4 Å². The second kappa shape index (κ2) is 21.9. The molecule has 7 nitrogen and oxygen atoms in total. The number of carbonyl (C=O) groups excluding carboxylic acids is 2. The van der Waals surface area contributed by atoms with Crippen LogP contribution >= 0.6 is 0 Å². The second-order valence-corrected chi connectivity index (χ2v) is 11.3. The molecule has 2 saturated heterocycles. The molecule has 6 atom stereocenters. The van der Waals surface area contributed by atoms with Crippen LogP contribution in [-0.4, -0.2) is 63.7 Å². The molecule has 0 aromatic carbocycles. The number of hydrogen-bond acceptors (Lipinski definition) is 7. The van der Waals surface area contributed by atoms with Gasteiger partial charge in [-0.05, 0) is 49.5 Å². The molecular formula is C37H59NO6. The molecule has 0 amide bonds. The van der Waals surface area contributed by atoms with Gasteiger partial charge in [-0.25, -0.2) is 0 Å². The zero-order chi connectivity index (χ0) is 33.1. The highest BCUT2D eigenvalue weighted by Crippen LogP contribution is 2.30. The van der Waals surface area contributed by atoms with Gasteiger partial charge in [0.25, 0.3) is 6.47 Å². The predicted octanol–water partition coefficient (Wildman–Crippen LogP) is 7.32. The first-order valence-electron chi connectivity index (χ1n) is 16.6. The summed E-state index contributed by atoms with van der Waals surface area (Å²) in [5, 5.41) is 3.13. The van der Waals surface area contributed by atoms with Crippen LogP contribution in [-0.2, 0) is 28.5 Å². The topological polar surface area (TPSA) is 83.1 Å². The molecule has 5 aliphatic rings. The fraction of sp³-hybridized carbons (Fsp3) is 0.622. The van der Waals surface area contributed by atoms with Crippen molar-refractivity contribution in [3.8, 4) is 0 Å². The van der Waals surface area contributed by atoms with Crippen molar-refractivity contribution >= 4 is 12.4 Å². The van der Waals surface area contributed by atoms with E-state index in [1.165, 1.54) is 16.7 Å². The monoisotopic (exact) mass is 613 g/mol. The summed E-state index contributed by atoms with van der Waals surface area (Å²) < 4.78 is 21.1. The highest BCUT2D eigenvalue weighted by Gasteiger charge is 2.35. The maximum Gasteiger partial charge on any atom is 0.313 e. The van der Waals surface area contributed by atoms with Gasteiger partial charge >= 0.3 is 5.97 Å². The zero-order valence-corrected chi connectivity index (χ0v) is 28.9. The Morgan fingerprint density at radius 3 is 2.16 bits per heavy atom. The largest absolute Gasteiger partial charge is 0.465 e. The summed E-state index contributed by atoms with van der Waals surface area (Å²) >= 11 is 0. The number of carbonyl (C=O) groups is 2. The van der Waals surface area contributed by atoms with Gasteiger partial charge in [0.05, 0.1) is 31.8 Å². The number of esters is 1. The number of ether oxygens (including phenoxy) is 4. The minimum atomic E-state index is -0.177. The van der Waals surface area contributed by atoms with Crippen LogP contribution in [0.4, 0.5) is 0 Å². The Balaban J connectivity index is 0.000000313. The van der Waals surface area contributed by atoms with Gasteiger partial charge in [0.1, 0.15) is 18.3 Å². The number of fused-ring (bicyclic) bond motifs is 2. The van der Waals surface area contributed by atoms with Gasteiger partial charge in [0, 0.05) is 5.92 Å². The summed E-state index contributed by atoms with van der Waals surface area (Å²) in [6.45, 7) is 21.4. The van der Waals surface area contributed by atoms with Crippen molar-refractivity contribution in [2.75, 3.05) is 26.9 Å². The quantitative estimate of drug-likeness (QED) is 0.238. The van der Waals surface area contributed by atoms with E-state index in [1.807, 2.05) is 59.0 Å². The Morgan fingerprint density at radius 1 is 0.909 bits per heavy atom. The molecule has 44 heavy (non-hydrogen) atoms. The summed E-state index contributed by atoms with van der Waals surface area (Å²) in [6, 6.07) is 0.0916. The molecule has 0 spiro atoms. The lowest BCUT2D eigenvalue weighted by molar-refractivity contribution is -0.140. The highest BCUT2D eigenvalue weighted by molar-refractivity contribution is 5.77. The van der Waals surface area contributed by atoms with Crippen LogP contribution in [0.25, 0.3) is 0 Å². The van der Waals surface area contributed by atoms with E-state index in [4.69, 9.17) is 18.9 Å². The molecule has 2 aliphatic heterocycles. The highest BCUT2D eigenvalue weighted by atomic mass is 16.6. The molecule has 0 bridgehead atoms. The summed E-state index contributed by atoms with van der Waals surface area (Å²) in [6.07, 6.45) is 21.0. The smallest absolute Gasteiger partial charge is 0.313 e. The van der Waals surface area contributed by atoms with Gasteiger partial charge in [-0.2, -0.15) is 0 Å². The van der Waals surface area contributed by atoms with Crippen LogP contribution in [0, 0.1) is 23.7 Å². The van der Waals surface area contributed by atoms with Crippen molar-refractivity contribution in [2.45, 2.75) is 99.5 Å². The molecule has 248 valence electrons. The van der Waals surface area contributed by atoms with Gasteiger partial charge < -0.3 is 24.3 Å². The molecule has 7 heteroatoms. The van der Waals surface area contributed by atoms with Crippen molar-refractivity contribution in [2.24, 2.45) is 23.7 Å². The first-order valence-corrected chi connectivity index (χ1v) is 16.6. The van der Waals surface area contributed by atoms with E-state index in [9.17, 15) is 9.59 Å². The van der Waals surface area contributed by atoms with Crippen molar-refractivity contribution < 1.29 is 28.5 Å². The fourth-order valence-corrected chi connectivity index (χ4v) is 5.19. The molecule has 1 N–H and O–H groups in total. The average Bonchev–Trinajstić information content (AvgIpc) is 3.43. The van der Waals surface area contributed by atoms with Crippen molar-refractivity contribution in [1.29, 1.82) is 0 Å². The molecule has 0 aromatic heterocycles. The van der Waals surface area contributed by atoms with Gasteiger partial charge in [-0.15, -0.1) is 0 Å². The SMILES string of the molecule is CC.CC.CC(C)C1=CC2OCCOC2C=C1.CCC1=CC2COC(=O)C2C=C1.CNC1C=C(CC(C)C)C=CC1OC=O. The Bertz CT molecular complexity index is 1030. The number of cyclic esters (lactones) is 1. The van der Waals surface area contributed by atoms with E-state index < -0.39 is 0 Å². The third-order valence-corrected chi connectivity index (χ3v) is 7.47. The van der Waals surface area contributed by atoms with Crippen LogP contribution in [0.1, 0.15) is 75.2 Å². The molecule has 2 heterocycles. The van der Waals surface area contributed by atoms with Crippen LogP contribution in [0.2, 0.25) is 0 Å². The number of hydrogen-bond donors (Lipinski definition) is 1. The number of rotatable bonds is 7. The van der Waals surface area contributed by atoms with E-state index in [-0.39, 0.29) is 36.2 Å². The fourth-order valence-electron chi connectivity index (χ4n) is 5.19. The number of nitrogens with one attached hydrogen (secondary N) is 1. The maximum absolute atomic E-state index is 11.1. The number of allylic oxidation sites excluding steroid dienone is 6. The summed E-state index contributed by atoms with van der Waals surface area (Å²) in [7, 11) is 1.87. The third-order valence-electron chi connectivity index (χ3n) is 7.47. The van der Waals surface area contributed by atoms with E-state index in [2.05, 4.69) is 70.3 Å². The molecule has 3 aliphatic carbocycles. The Hall–Kier alpha value is -2.74. The Labute approximate surface area is 267 Å². The molecule has 2 fully saturated rings. The van der Waals surface area contributed by atoms with Gasteiger partial charge in [-0.1, -0.05) is 116 Å². The molecule has 0 radical (unpaired) electrons. The molecule has 0 aromatic rings. The average molecular weight is 614 g/mol. The summed E-state index contributed by atoms with van der Waals surface area (Å²) in [4.78, 5) is 21.4. The first-order chi connectivity index (χ1) is 21.2. The summed E-state index contributed by atoms with van der Waals surface area (Å²) in [5.41, 5.74) is 3.97. The standard InChI is InChI=1S/C12H19NO2.C11H16O2.C10H12O2.2C2H6/c1-9(2)6-10-4-5-12(15-8-14)11(7-10)13-3;1-8(2)9-3-4-10-11(7-9)13-6-5-12-10;1-2-7-3-4-9-8(5-7)6-12-10(9)11;2*1-2/h4-5,7-9,11-13H,6H2,1-3H3;3-4,7-8,10-11H,5-6H2,1-2H3;3-5,8-9H,2,6H2,1H3;2*1-2H3. The third kappa shape index (κ3) is 12.7. The lowest BCUT2D eigenvalue weighted by Gasteiger charge is -2.31. The molecule has 6 unspecified atom stereocenters. The normalized spacial score (nSPS) is 27.5. The van der Waals surface area contributed by atoms with Gasteiger partial charge in [-0.3, -0.25) is 9.59 Å². The van der Waals surface area contributed by atoms with Crippen molar-refractivity contribution in [1.82, 2.24) is 5.32 Å². The van der Waals surface area contributed by atoms with Crippen LogP contribution in [0.3, 0.4) is 0 Å². The minimum absolute atomic E-state index is 0.000278. The van der Waals surface area contributed by atoms with E-state index in [0.717, 1.165) is 26.1 Å². The number of likely N-dealkylation sites (N-methyl/N-ethyl adjacent to an activating group) is 1. The van der Waals surface area contributed by atoms with E-state index in [1.54, 1.807) is 0 Å². The Morgan fingerprint density at radius 2 is 1.57 bits per heavy atom. The second-order valence-electron chi connectivity index (χ2n) is 11.3. The van der Waals surface area contributed by atoms with E-state index in [0.29, 0.717) is 30.8 Å². The van der Waals surface area contributed by atoms with Crippen molar-refractivity contribution in [3.05, 3.63) is 71.4 Å². The van der Waals surface area contributed by atoms with Gasteiger partial charge in [0.2, 0.25) is 0 Å². The first kappa shape index (κ1) is 39.3.